The standard InChI is InChI=1S/C14H16ClNO3/c1-14(7-2-3-8-14)13(19)16-11-9(12(17)18)5-4-6-10(11)15/h4-6H,2-3,7-8H2,1H3,(H,16,19)(H,17,18). The number of hydrogen-bond acceptors (Lipinski definition) is 2. The molecule has 1 aromatic carbocycles. The predicted molar refractivity (Wildman–Crippen MR) is 73.6 cm³/mol. The number of carbonyl (C=O) groups excluding carboxylic acids is 1. The monoisotopic (exact) mass is 281 g/mol. The van der Waals surface area contributed by atoms with Crippen LogP contribution in [0.3, 0.4) is 0 Å². The van der Waals surface area contributed by atoms with Crippen molar-refractivity contribution in [2.45, 2.75) is 32.6 Å². The van der Waals surface area contributed by atoms with Crippen LogP contribution in [0.1, 0.15) is 43.0 Å². The highest BCUT2D eigenvalue weighted by Gasteiger charge is 2.36. The predicted octanol–water partition coefficient (Wildman–Crippen LogP) is 3.56. The van der Waals surface area contributed by atoms with E-state index in [0.29, 0.717) is 0 Å². The minimum atomic E-state index is -1.10. The third-order valence-corrected chi connectivity index (χ3v) is 4.05. The van der Waals surface area contributed by atoms with Crippen molar-refractivity contribution in [1.82, 2.24) is 0 Å². The van der Waals surface area contributed by atoms with Crippen LogP contribution >= 0.6 is 11.6 Å². The number of hydrogen-bond donors (Lipinski definition) is 2. The van der Waals surface area contributed by atoms with E-state index in [9.17, 15) is 9.59 Å². The molecule has 2 N–H and O–H groups in total. The van der Waals surface area contributed by atoms with E-state index in [1.807, 2.05) is 6.92 Å². The molecule has 4 nitrogen and oxygen atoms in total. The first-order valence-corrected chi connectivity index (χ1v) is 6.65. The van der Waals surface area contributed by atoms with E-state index in [4.69, 9.17) is 16.7 Å². The number of amides is 1. The zero-order valence-electron chi connectivity index (χ0n) is 10.7. The summed E-state index contributed by atoms with van der Waals surface area (Å²) in [6.07, 6.45) is 3.70. The summed E-state index contributed by atoms with van der Waals surface area (Å²) in [6, 6.07) is 4.56. The summed E-state index contributed by atoms with van der Waals surface area (Å²) in [5.74, 6) is -1.25. The first-order chi connectivity index (χ1) is 8.94. The number of carboxylic acid groups (broad SMARTS) is 1. The lowest BCUT2D eigenvalue weighted by atomic mass is 9.87. The third kappa shape index (κ3) is 2.73. The van der Waals surface area contributed by atoms with Gasteiger partial charge in [0.2, 0.25) is 5.91 Å². The van der Waals surface area contributed by atoms with Gasteiger partial charge in [0.05, 0.1) is 16.3 Å². The average molecular weight is 282 g/mol. The molecule has 1 aliphatic rings. The van der Waals surface area contributed by atoms with Gasteiger partial charge in [0.15, 0.2) is 0 Å². The Kier molecular flexibility index (Phi) is 3.80. The molecule has 1 aliphatic carbocycles. The van der Waals surface area contributed by atoms with E-state index in [1.54, 1.807) is 12.1 Å². The van der Waals surface area contributed by atoms with Gasteiger partial charge in [0.1, 0.15) is 0 Å². The summed E-state index contributed by atoms with van der Waals surface area (Å²) in [4.78, 5) is 23.4. The van der Waals surface area contributed by atoms with Gasteiger partial charge in [-0.3, -0.25) is 4.79 Å². The molecule has 2 rings (SSSR count). The molecular weight excluding hydrogens is 266 g/mol. The van der Waals surface area contributed by atoms with Crippen LogP contribution in [-0.4, -0.2) is 17.0 Å². The van der Waals surface area contributed by atoms with E-state index < -0.39 is 11.4 Å². The zero-order valence-corrected chi connectivity index (χ0v) is 11.5. The molecule has 1 aromatic rings. The second-order valence-corrected chi connectivity index (χ2v) is 5.60. The molecule has 1 fully saturated rings. The number of carbonyl (C=O) groups is 2. The number of rotatable bonds is 3. The van der Waals surface area contributed by atoms with E-state index in [-0.39, 0.29) is 22.2 Å². The summed E-state index contributed by atoms with van der Waals surface area (Å²) < 4.78 is 0. The highest BCUT2D eigenvalue weighted by molar-refractivity contribution is 6.34. The topological polar surface area (TPSA) is 66.4 Å². The van der Waals surface area contributed by atoms with Gasteiger partial charge in [0.25, 0.3) is 0 Å². The van der Waals surface area contributed by atoms with Gasteiger partial charge >= 0.3 is 5.97 Å². The van der Waals surface area contributed by atoms with Gasteiger partial charge < -0.3 is 10.4 Å². The van der Waals surface area contributed by atoms with Crippen LogP contribution in [-0.2, 0) is 4.79 Å². The first kappa shape index (κ1) is 13.9. The fourth-order valence-electron chi connectivity index (χ4n) is 2.48. The first-order valence-electron chi connectivity index (χ1n) is 6.27. The van der Waals surface area contributed by atoms with E-state index >= 15 is 0 Å². The van der Waals surface area contributed by atoms with Gasteiger partial charge in [0, 0.05) is 5.41 Å². The number of para-hydroxylation sites is 1. The molecule has 0 unspecified atom stereocenters. The van der Waals surface area contributed by atoms with Gasteiger partial charge in [-0.05, 0) is 25.0 Å². The summed E-state index contributed by atoms with van der Waals surface area (Å²) in [6.45, 7) is 1.91. The number of benzene rings is 1. The fraction of sp³-hybridized carbons (Fsp3) is 0.429. The molecule has 0 spiro atoms. The Morgan fingerprint density at radius 3 is 2.53 bits per heavy atom. The van der Waals surface area contributed by atoms with Gasteiger partial charge in [-0.15, -0.1) is 0 Å². The summed E-state index contributed by atoms with van der Waals surface area (Å²) in [5.41, 5.74) is -0.216. The summed E-state index contributed by atoms with van der Waals surface area (Å²) >= 11 is 5.99. The lowest BCUT2D eigenvalue weighted by Crippen LogP contribution is -2.31. The van der Waals surface area contributed by atoms with Crippen LogP contribution in [0.15, 0.2) is 18.2 Å². The molecule has 5 heteroatoms. The van der Waals surface area contributed by atoms with Crippen LogP contribution in [0, 0.1) is 5.41 Å². The molecule has 0 saturated heterocycles. The van der Waals surface area contributed by atoms with Crippen LogP contribution in [0.5, 0.6) is 0 Å². The maximum atomic E-state index is 12.3. The summed E-state index contributed by atoms with van der Waals surface area (Å²) in [7, 11) is 0. The van der Waals surface area contributed by atoms with Crippen molar-refractivity contribution in [3.63, 3.8) is 0 Å². The van der Waals surface area contributed by atoms with E-state index in [1.165, 1.54) is 6.07 Å². The fourth-order valence-corrected chi connectivity index (χ4v) is 2.70. The molecule has 0 heterocycles. The van der Waals surface area contributed by atoms with E-state index in [2.05, 4.69) is 5.32 Å². The second-order valence-electron chi connectivity index (χ2n) is 5.19. The highest BCUT2D eigenvalue weighted by Crippen LogP contribution is 2.39. The molecule has 19 heavy (non-hydrogen) atoms. The molecular formula is C14H16ClNO3. The van der Waals surface area contributed by atoms with Crippen molar-refractivity contribution in [1.29, 1.82) is 0 Å². The molecule has 0 radical (unpaired) electrons. The Hall–Kier alpha value is -1.55. The zero-order chi connectivity index (χ0) is 14.0. The Labute approximate surface area is 116 Å². The average Bonchev–Trinajstić information content (AvgIpc) is 2.79. The van der Waals surface area contributed by atoms with Crippen molar-refractivity contribution < 1.29 is 14.7 Å². The molecule has 102 valence electrons. The minimum Gasteiger partial charge on any atom is -0.478 e. The molecule has 0 aromatic heterocycles. The van der Waals surface area contributed by atoms with Gasteiger partial charge in [-0.25, -0.2) is 4.79 Å². The molecule has 0 aliphatic heterocycles. The molecule has 0 atom stereocenters. The molecule has 1 amide bonds. The third-order valence-electron chi connectivity index (χ3n) is 3.74. The van der Waals surface area contributed by atoms with Crippen molar-refractivity contribution >= 4 is 29.2 Å². The van der Waals surface area contributed by atoms with Crippen molar-refractivity contribution in [3.05, 3.63) is 28.8 Å². The number of nitrogens with one attached hydrogen (secondary N) is 1. The maximum absolute atomic E-state index is 12.3. The smallest absolute Gasteiger partial charge is 0.337 e. The van der Waals surface area contributed by atoms with E-state index in [0.717, 1.165) is 25.7 Å². The molecule has 1 saturated carbocycles. The largest absolute Gasteiger partial charge is 0.478 e. The number of anilines is 1. The van der Waals surface area contributed by atoms with Crippen molar-refractivity contribution in [3.8, 4) is 0 Å². The van der Waals surface area contributed by atoms with Gasteiger partial charge in [-0.1, -0.05) is 37.4 Å². The Morgan fingerprint density at radius 1 is 1.32 bits per heavy atom. The maximum Gasteiger partial charge on any atom is 0.337 e. The highest BCUT2D eigenvalue weighted by atomic mass is 35.5. The Morgan fingerprint density at radius 2 is 1.95 bits per heavy atom. The quantitative estimate of drug-likeness (QED) is 0.890. The lowest BCUT2D eigenvalue weighted by molar-refractivity contribution is -0.124. The van der Waals surface area contributed by atoms with Gasteiger partial charge in [-0.2, -0.15) is 0 Å². The number of aromatic carboxylic acids is 1. The van der Waals surface area contributed by atoms with Crippen LogP contribution in [0.25, 0.3) is 0 Å². The summed E-state index contributed by atoms with van der Waals surface area (Å²) in [5, 5.41) is 12.1. The van der Waals surface area contributed by atoms with Crippen molar-refractivity contribution in [2.75, 3.05) is 5.32 Å². The molecule has 0 bridgehead atoms. The second kappa shape index (κ2) is 5.21. The Balaban J connectivity index is 2.28. The van der Waals surface area contributed by atoms with Crippen molar-refractivity contribution in [2.24, 2.45) is 5.41 Å². The minimum absolute atomic E-state index is 0.0162. The van der Waals surface area contributed by atoms with Crippen LogP contribution in [0.4, 0.5) is 5.69 Å². The SMILES string of the molecule is CC1(C(=O)Nc2c(Cl)cccc2C(=O)O)CCCC1. The van der Waals surface area contributed by atoms with Crippen LogP contribution < -0.4 is 5.32 Å². The Bertz CT molecular complexity index is 521. The number of carboxylic acids is 1. The number of halogens is 1. The lowest BCUT2D eigenvalue weighted by Gasteiger charge is -2.23. The normalized spacial score (nSPS) is 17.2. The van der Waals surface area contributed by atoms with Crippen LogP contribution in [0.2, 0.25) is 5.02 Å².